The highest BCUT2D eigenvalue weighted by Crippen LogP contribution is 2.25. The van der Waals surface area contributed by atoms with Gasteiger partial charge in [0.15, 0.2) is 0 Å². The smallest absolute Gasteiger partial charge is 0.285 e. The number of ether oxygens (including phenoxy) is 6. The van der Waals surface area contributed by atoms with E-state index in [1.54, 1.807) is 0 Å². The van der Waals surface area contributed by atoms with E-state index in [2.05, 4.69) is 4.40 Å². The summed E-state index contributed by atoms with van der Waals surface area (Å²) in [6.07, 6.45) is 9.93. The Morgan fingerprint density at radius 1 is 0.625 bits per heavy atom. The molecule has 3 fully saturated rings. The first-order valence-electron chi connectivity index (χ1n) is 14.2. The fraction of sp³-hybridized carbons (Fsp3) is 0.741. The Balaban J connectivity index is 0.000000267. The van der Waals surface area contributed by atoms with Gasteiger partial charge >= 0.3 is 0 Å². The minimum Gasteiger partial charge on any atom is -0.399 e. The average Bonchev–Trinajstić information content (AvgIpc) is 2.93. The molecule has 0 spiro atoms. The first kappa shape index (κ1) is 32.5. The number of hydrogen-bond acceptors (Lipinski definition) is 9. The topological polar surface area (TPSA) is 180 Å². The second-order valence-electron chi connectivity index (χ2n) is 9.99. The van der Waals surface area contributed by atoms with Crippen LogP contribution >= 0.6 is 0 Å². The van der Waals surface area contributed by atoms with Crippen molar-refractivity contribution in [1.29, 1.82) is 0 Å². The summed E-state index contributed by atoms with van der Waals surface area (Å²) >= 11 is 0. The molecule has 4 atom stereocenters. The number of sulfonamides is 1. The zero-order valence-electron chi connectivity index (χ0n) is 23.3. The molecule has 1 aromatic carbocycles. The lowest BCUT2D eigenvalue weighted by atomic mass is 9.94. The van der Waals surface area contributed by atoms with Crippen LogP contribution in [-0.4, -0.2) is 91.6 Å². The molecule has 1 saturated heterocycles. The van der Waals surface area contributed by atoms with Gasteiger partial charge in [0.25, 0.3) is 10.0 Å². The maximum atomic E-state index is 11.4. The third kappa shape index (κ3) is 11.9. The van der Waals surface area contributed by atoms with E-state index >= 15 is 0 Å². The predicted molar refractivity (Wildman–Crippen MR) is 151 cm³/mol. The van der Waals surface area contributed by atoms with Gasteiger partial charge in [0, 0.05) is 5.69 Å². The number of anilines is 1. The molecule has 6 N–H and O–H groups in total. The second kappa shape index (κ2) is 17.7. The molecule has 12 nitrogen and oxygen atoms in total. The number of hydrogen-bond donors (Lipinski definition) is 3. The SMILES string of the molecule is C1CCC2OCCOCCOC3CCCCC3OCCOCCOC2C1.NC(N)=NS(=O)(=O)c1ccc(N)cc1. The van der Waals surface area contributed by atoms with Gasteiger partial charge in [-0.3, -0.25) is 0 Å². The zero-order chi connectivity index (χ0) is 28.6. The third-order valence-electron chi connectivity index (χ3n) is 6.93. The van der Waals surface area contributed by atoms with Gasteiger partial charge in [0.05, 0.1) is 82.2 Å². The standard InChI is InChI=1S/C20H36O6.C7H10N4O2S/c1-2-6-18-17(5-1)23-13-9-21-11-15-25-19-7-3-4-8-20(19)26-16-12-22-10-14-24-18;8-5-1-3-6(4-2-5)14(12,13)11-7(9)10/h17-20H,1-16H2;1-4H,8H2,(H4,9,10,11). The Morgan fingerprint density at radius 3 is 1.30 bits per heavy atom. The molecule has 40 heavy (non-hydrogen) atoms. The van der Waals surface area contributed by atoms with Crippen LogP contribution in [0.3, 0.4) is 0 Å². The number of fused-ring (bicyclic) bond motifs is 2. The minimum atomic E-state index is -3.79. The highest BCUT2D eigenvalue weighted by molar-refractivity contribution is 7.90. The molecule has 13 heteroatoms. The normalized spacial score (nSPS) is 27.8. The molecule has 1 heterocycles. The molecule has 3 aliphatic rings. The number of rotatable bonds is 2. The molecule has 2 saturated carbocycles. The van der Waals surface area contributed by atoms with E-state index < -0.39 is 16.0 Å². The predicted octanol–water partition coefficient (Wildman–Crippen LogP) is 1.95. The molecule has 0 bridgehead atoms. The highest BCUT2D eigenvalue weighted by Gasteiger charge is 2.27. The zero-order valence-corrected chi connectivity index (χ0v) is 24.1. The first-order chi connectivity index (χ1) is 19.3. The number of benzene rings is 1. The van der Waals surface area contributed by atoms with E-state index in [1.807, 2.05) is 0 Å². The Morgan fingerprint density at radius 2 is 0.975 bits per heavy atom. The lowest BCUT2D eigenvalue weighted by Gasteiger charge is -2.32. The lowest BCUT2D eigenvalue weighted by Crippen LogP contribution is -2.37. The van der Waals surface area contributed by atoms with Gasteiger partial charge in [-0.1, -0.05) is 25.7 Å². The molecular weight excluding hydrogens is 540 g/mol. The van der Waals surface area contributed by atoms with Crippen LogP contribution in [0, 0.1) is 0 Å². The van der Waals surface area contributed by atoms with Crippen LogP contribution in [0.5, 0.6) is 0 Å². The molecule has 0 aromatic heterocycles. The van der Waals surface area contributed by atoms with Crippen molar-refractivity contribution in [3.8, 4) is 0 Å². The van der Waals surface area contributed by atoms with Crippen molar-refractivity contribution in [2.24, 2.45) is 15.9 Å². The Labute approximate surface area is 237 Å². The maximum absolute atomic E-state index is 11.4. The van der Waals surface area contributed by atoms with E-state index in [-0.39, 0.29) is 29.3 Å². The summed E-state index contributed by atoms with van der Waals surface area (Å²) in [5.74, 6) is -0.498. The Hall–Kier alpha value is -2.00. The van der Waals surface area contributed by atoms with Gasteiger partial charge in [-0.15, -0.1) is 4.40 Å². The third-order valence-corrected chi connectivity index (χ3v) is 8.24. The van der Waals surface area contributed by atoms with Crippen molar-refractivity contribution in [3.63, 3.8) is 0 Å². The number of nitrogens with zero attached hydrogens (tertiary/aromatic N) is 1. The van der Waals surface area contributed by atoms with Gasteiger partial charge in [0.1, 0.15) is 0 Å². The summed E-state index contributed by atoms with van der Waals surface area (Å²) in [6.45, 7) is 4.93. The molecular formula is C27H46N4O8S. The molecule has 1 aliphatic heterocycles. The fourth-order valence-electron chi connectivity index (χ4n) is 4.96. The largest absolute Gasteiger partial charge is 0.399 e. The molecule has 228 valence electrons. The monoisotopic (exact) mass is 586 g/mol. The van der Waals surface area contributed by atoms with Crippen LogP contribution < -0.4 is 17.2 Å². The quantitative estimate of drug-likeness (QED) is 0.262. The van der Waals surface area contributed by atoms with Gasteiger partial charge in [-0.2, -0.15) is 8.42 Å². The Bertz CT molecular complexity index is 909. The summed E-state index contributed by atoms with van der Waals surface area (Å²) in [7, 11) is -3.79. The molecule has 0 radical (unpaired) electrons. The summed E-state index contributed by atoms with van der Waals surface area (Å²) in [6, 6.07) is 5.57. The van der Waals surface area contributed by atoms with Crippen LogP contribution in [0.2, 0.25) is 0 Å². The molecule has 1 aromatic rings. The van der Waals surface area contributed by atoms with E-state index in [0.29, 0.717) is 58.5 Å². The first-order valence-corrected chi connectivity index (χ1v) is 15.6. The van der Waals surface area contributed by atoms with Crippen molar-refractivity contribution >= 4 is 21.7 Å². The van der Waals surface area contributed by atoms with Crippen molar-refractivity contribution < 1.29 is 36.8 Å². The molecule has 4 rings (SSSR count). The maximum Gasteiger partial charge on any atom is 0.285 e. The van der Waals surface area contributed by atoms with E-state index in [1.165, 1.54) is 49.9 Å². The van der Waals surface area contributed by atoms with E-state index in [4.69, 9.17) is 45.6 Å². The molecule has 0 amide bonds. The van der Waals surface area contributed by atoms with Gasteiger partial charge in [-0.05, 0) is 49.9 Å². The average molecular weight is 587 g/mol. The van der Waals surface area contributed by atoms with Gasteiger partial charge in [0.2, 0.25) is 5.96 Å². The number of guanidine groups is 1. The second-order valence-corrected chi connectivity index (χ2v) is 11.6. The minimum absolute atomic E-state index is 0.0000926. The Kier molecular flexibility index (Phi) is 14.4. The fourth-order valence-corrected chi connectivity index (χ4v) is 5.82. The van der Waals surface area contributed by atoms with E-state index in [0.717, 1.165) is 25.7 Å². The van der Waals surface area contributed by atoms with E-state index in [9.17, 15) is 8.42 Å². The van der Waals surface area contributed by atoms with Crippen molar-refractivity contribution in [1.82, 2.24) is 0 Å². The molecule has 4 unspecified atom stereocenters. The van der Waals surface area contributed by atoms with Crippen molar-refractivity contribution in [2.75, 3.05) is 58.6 Å². The van der Waals surface area contributed by atoms with Crippen LogP contribution in [0.1, 0.15) is 51.4 Å². The van der Waals surface area contributed by atoms with Crippen molar-refractivity contribution in [3.05, 3.63) is 24.3 Å². The van der Waals surface area contributed by atoms with Gasteiger partial charge in [-0.25, -0.2) is 0 Å². The van der Waals surface area contributed by atoms with Crippen LogP contribution in [0.25, 0.3) is 0 Å². The summed E-state index contributed by atoms with van der Waals surface area (Å²) in [4.78, 5) is 0.0000926. The summed E-state index contributed by atoms with van der Waals surface area (Å²) < 4.78 is 61.3. The summed E-state index contributed by atoms with van der Waals surface area (Å²) in [5, 5.41) is 0. The molecule has 2 aliphatic carbocycles. The highest BCUT2D eigenvalue weighted by atomic mass is 32.2. The van der Waals surface area contributed by atoms with Gasteiger partial charge < -0.3 is 45.6 Å². The summed E-state index contributed by atoms with van der Waals surface area (Å²) in [5.41, 5.74) is 15.8. The lowest BCUT2D eigenvalue weighted by molar-refractivity contribution is -0.129. The van der Waals surface area contributed by atoms with Crippen LogP contribution in [-0.2, 0) is 38.4 Å². The number of nitrogens with two attached hydrogens (primary N) is 3. The van der Waals surface area contributed by atoms with Crippen molar-refractivity contribution in [2.45, 2.75) is 80.7 Å². The van der Waals surface area contributed by atoms with Crippen LogP contribution in [0.4, 0.5) is 5.69 Å². The van der Waals surface area contributed by atoms with Crippen LogP contribution in [0.15, 0.2) is 33.6 Å². The number of nitrogen functional groups attached to an aromatic ring is 1.